The lowest BCUT2D eigenvalue weighted by Crippen LogP contribution is -2.54. The maximum absolute atomic E-state index is 12.2. The van der Waals surface area contributed by atoms with Crippen LogP contribution in [0.25, 0.3) is 31.3 Å². The molecule has 1 saturated heterocycles. The van der Waals surface area contributed by atoms with Crippen LogP contribution in [0.2, 0.25) is 0 Å². The van der Waals surface area contributed by atoms with Crippen LogP contribution in [0.5, 0.6) is 0 Å². The van der Waals surface area contributed by atoms with E-state index in [9.17, 15) is 9.59 Å². The highest BCUT2D eigenvalue weighted by molar-refractivity contribution is 5.11. The number of rotatable bonds is 4. The lowest BCUT2D eigenvalue weighted by Gasteiger charge is -2.35. The Kier molecular flexibility index (Phi) is 4.22. The van der Waals surface area contributed by atoms with Gasteiger partial charge in [-0.1, -0.05) is 10.2 Å². The predicted molar refractivity (Wildman–Crippen MR) is 79.4 cm³/mol. The third kappa shape index (κ3) is 2.33. The predicted octanol–water partition coefficient (Wildman–Crippen LogP) is 1.89. The summed E-state index contributed by atoms with van der Waals surface area (Å²) >= 11 is 0. The van der Waals surface area contributed by atoms with Gasteiger partial charge in [-0.05, 0) is 42.0 Å². The molecule has 0 saturated carbocycles. The van der Waals surface area contributed by atoms with Gasteiger partial charge < -0.3 is 4.74 Å². The molecule has 14 heteroatoms. The fourth-order valence-corrected chi connectivity index (χ4v) is 2.58. The first kappa shape index (κ1) is 16.9. The Hall–Kier alpha value is -3.43. The first-order chi connectivity index (χ1) is 11.4. The fraction of sp³-hybridized carbons (Fsp3) is 0.600. The van der Waals surface area contributed by atoms with Crippen molar-refractivity contribution in [2.45, 2.75) is 37.9 Å². The van der Waals surface area contributed by atoms with Crippen molar-refractivity contribution in [1.82, 2.24) is 9.55 Å². The van der Waals surface area contributed by atoms with Crippen molar-refractivity contribution in [3.05, 3.63) is 63.9 Å². The van der Waals surface area contributed by atoms with Crippen LogP contribution in [0.4, 0.5) is 0 Å². The zero-order valence-electron chi connectivity index (χ0n) is 12.6. The second-order valence-corrected chi connectivity index (χ2v) is 5.07. The molecule has 0 aliphatic carbocycles. The molecule has 0 unspecified atom stereocenters. The summed E-state index contributed by atoms with van der Waals surface area (Å²) in [6, 6.07) is 0. The summed E-state index contributed by atoms with van der Waals surface area (Å²) in [5.41, 5.74) is 23.0. The summed E-state index contributed by atoms with van der Waals surface area (Å²) in [7, 11) is 0. The Labute approximate surface area is 132 Å². The van der Waals surface area contributed by atoms with Gasteiger partial charge in [-0.15, -0.1) is 0 Å². The number of aryl methyl sites for hydroxylation is 1. The van der Waals surface area contributed by atoms with Gasteiger partial charge in [0, 0.05) is 26.5 Å². The Morgan fingerprint density at radius 2 is 1.83 bits per heavy atom. The van der Waals surface area contributed by atoms with Gasteiger partial charge in [0.25, 0.3) is 5.56 Å². The minimum atomic E-state index is -2.30. The molecule has 1 aromatic heterocycles. The van der Waals surface area contributed by atoms with E-state index in [-0.39, 0.29) is 12.0 Å². The van der Waals surface area contributed by atoms with Gasteiger partial charge in [-0.25, -0.2) is 4.79 Å². The SMILES string of the molecule is Cc1cn([C@]2(N=[N+]=[N-])O[C@H](C)CC2(N=[N+]=[N-])N=[N+]=[N-])c(=O)[nH]c1=O. The van der Waals surface area contributed by atoms with Crippen molar-refractivity contribution in [2.24, 2.45) is 15.3 Å². The van der Waals surface area contributed by atoms with Crippen LogP contribution in [-0.2, 0) is 10.6 Å². The summed E-state index contributed by atoms with van der Waals surface area (Å²) in [5.74, 6) is -2.30. The zero-order valence-corrected chi connectivity index (χ0v) is 12.6. The molecule has 124 valence electrons. The normalized spacial score (nSPS) is 28.3. The van der Waals surface area contributed by atoms with Gasteiger partial charge in [0.05, 0.1) is 6.10 Å². The second-order valence-electron chi connectivity index (χ2n) is 5.07. The van der Waals surface area contributed by atoms with E-state index >= 15 is 0 Å². The standard InChI is InChI=1S/C10H11N11O3/c1-5-4-21(8(23)14-7(5)22)10(17-20-13)9(15-18-11,16-19-12)3-6(2)24-10/h4,6H,3H2,1-2H3,(H,14,22,23)/t6-,10+/m1/s1. The Balaban J connectivity index is 2.98. The Bertz CT molecular complexity index is 910. The lowest BCUT2D eigenvalue weighted by atomic mass is 10.0. The van der Waals surface area contributed by atoms with Gasteiger partial charge in [0.1, 0.15) is 0 Å². The minimum absolute atomic E-state index is 0.0982. The van der Waals surface area contributed by atoms with E-state index in [0.717, 1.165) is 10.8 Å². The van der Waals surface area contributed by atoms with Crippen LogP contribution < -0.4 is 11.2 Å². The lowest BCUT2D eigenvalue weighted by molar-refractivity contribution is -0.119. The summed E-state index contributed by atoms with van der Waals surface area (Å²) in [4.78, 5) is 33.7. The number of hydrogen-bond acceptors (Lipinski definition) is 6. The summed E-state index contributed by atoms with van der Waals surface area (Å²) in [5, 5.41) is 10.4. The number of H-pyrrole nitrogens is 1. The number of azide groups is 2. The average Bonchev–Trinajstić information content (AvgIpc) is 2.76. The fourth-order valence-electron chi connectivity index (χ4n) is 2.58. The molecule has 24 heavy (non-hydrogen) atoms. The van der Waals surface area contributed by atoms with Gasteiger partial charge >= 0.3 is 5.69 Å². The third-order valence-corrected chi connectivity index (χ3v) is 3.51. The molecule has 0 amide bonds. The summed E-state index contributed by atoms with van der Waals surface area (Å²) in [6.07, 6.45) is 0.235. The number of nitrogens with one attached hydrogen (secondary N) is 1. The maximum atomic E-state index is 12.2. The molecule has 1 aromatic rings. The second kappa shape index (κ2) is 5.99. The topological polar surface area (TPSA) is 210 Å². The van der Waals surface area contributed by atoms with E-state index in [2.05, 4.69) is 30.1 Å². The molecule has 2 atom stereocenters. The quantitative estimate of drug-likeness (QED) is 0.497. The molecule has 2 heterocycles. The van der Waals surface area contributed by atoms with Crippen molar-refractivity contribution in [2.75, 3.05) is 0 Å². The number of ether oxygens (including phenoxy) is 1. The molecule has 14 nitrogen and oxygen atoms in total. The van der Waals surface area contributed by atoms with Gasteiger partial charge in [0.2, 0.25) is 5.85 Å². The molecule has 1 aliphatic rings. The van der Waals surface area contributed by atoms with E-state index in [0.29, 0.717) is 0 Å². The maximum Gasteiger partial charge on any atom is 0.330 e. The highest BCUT2D eigenvalue weighted by atomic mass is 16.6. The molecule has 1 fully saturated rings. The van der Waals surface area contributed by atoms with Crippen molar-refractivity contribution in [1.29, 1.82) is 0 Å². The molecular weight excluding hydrogens is 322 g/mol. The van der Waals surface area contributed by atoms with E-state index < -0.39 is 28.9 Å². The largest absolute Gasteiger partial charge is 0.346 e. The van der Waals surface area contributed by atoms with Gasteiger partial charge in [0.15, 0.2) is 5.66 Å². The number of aromatic nitrogens is 2. The van der Waals surface area contributed by atoms with Crippen LogP contribution in [0.15, 0.2) is 31.1 Å². The first-order valence-corrected chi connectivity index (χ1v) is 6.55. The van der Waals surface area contributed by atoms with E-state index in [1.165, 1.54) is 6.92 Å². The number of aromatic amines is 1. The molecule has 1 aliphatic heterocycles. The average molecular weight is 333 g/mol. The van der Waals surface area contributed by atoms with Crippen LogP contribution >= 0.6 is 0 Å². The van der Waals surface area contributed by atoms with E-state index in [1.54, 1.807) is 6.92 Å². The summed E-state index contributed by atoms with van der Waals surface area (Å²) in [6.45, 7) is 2.95. The van der Waals surface area contributed by atoms with Crippen LogP contribution in [0, 0.1) is 6.92 Å². The molecule has 0 spiro atoms. The Morgan fingerprint density at radius 3 is 2.38 bits per heavy atom. The van der Waals surface area contributed by atoms with Crippen LogP contribution in [0.3, 0.4) is 0 Å². The molecule has 2 rings (SSSR count). The summed E-state index contributed by atoms with van der Waals surface area (Å²) < 4.78 is 6.31. The molecule has 1 N–H and O–H groups in total. The smallest absolute Gasteiger partial charge is 0.330 e. The first-order valence-electron chi connectivity index (χ1n) is 6.55. The van der Waals surface area contributed by atoms with E-state index in [4.69, 9.17) is 21.3 Å². The third-order valence-electron chi connectivity index (χ3n) is 3.51. The van der Waals surface area contributed by atoms with Crippen LogP contribution in [-0.4, -0.2) is 21.3 Å². The number of hydrogen-bond donors (Lipinski definition) is 1. The van der Waals surface area contributed by atoms with Crippen molar-refractivity contribution >= 4 is 0 Å². The van der Waals surface area contributed by atoms with Crippen molar-refractivity contribution in [3.63, 3.8) is 0 Å². The molecule has 0 radical (unpaired) electrons. The van der Waals surface area contributed by atoms with Gasteiger partial charge in [-0.2, -0.15) is 0 Å². The Morgan fingerprint density at radius 1 is 1.25 bits per heavy atom. The molecule has 0 aromatic carbocycles. The highest BCUT2D eigenvalue weighted by Crippen LogP contribution is 2.48. The molecule has 0 bridgehead atoms. The highest BCUT2D eigenvalue weighted by Gasteiger charge is 2.61. The van der Waals surface area contributed by atoms with E-state index in [1.807, 2.05) is 4.98 Å². The minimum Gasteiger partial charge on any atom is -0.346 e. The van der Waals surface area contributed by atoms with Crippen molar-refractivity contribution < 1.29 is 4.74 Å². The number of nitrogens with zero attached hydrogens (tertiary/aromatic N) is 10. The van der Waals surface area contributed by atoms with Gasteiger partial charge in [-0.3, -0.25) is 14.3 Å². The van der Waals surface area contributed by atoms with Crippen LogP contribution in [0.1, 0.15) is 18.9 Å². The molecular formula is C10H11N11O3. The zero-order chi connectivity index (χ0) is 18.0. The monoisotopic (exact) mass is 333 g/mol. The van der Waals surface area contributed by atoms with Crippen molar-refractivity contribution in [3.8, 4) is 0 Å².